The molecule has 0 bridgehead atoms. The SMILES string of the molecule is CC.Fc1cccc(-c2cnc3[nH]c(Cl)cc3c2)c1.Fc1cccc(-c2cnc3[nH]ccc3c2)c1. The zero-order valence-electron chi connectivity index (χ0n) is 19.2. The quantitative estimate of drug-likeness (QED) is 0.257. The van der Waals surface area contributed by atoms with Gasteiger partial charge in [-0.3, -0.25) is 0 Å². The Kier molecular flexibility index (Phi) is 7.53. The van der Waals surface area contributed by atoms with Gasteiger partial charge >= 0.3 is 0 Å². The molecule has 4 heterocycles. The maximum Gasteiger partial charge on any atom is 0.138 e. The molecule has 4 aromatic heterocycles. The molecule has 176 valence electrons. The second-order valence-electron chi connectivity index (χ2n) is 7.44. The average Bonchev–Trinajstić information content (AvgIpc) is 3.50. The summed E-state index contributed by atoms with van der Waals surface area (Å²) in [6.45, 7) is 4.00. The highest BCUT2D eigenvalue weighted by molar-refractivity contribution is 6.30. The molecule has 4 nitrogen and oxygen atoms in total. The normalized spacial score (nSPS) is 10.4. The number of halogens is 3. The van der Waals surface area contributed by atoms with Crippen LogP contribution in [0, 0.1) is 11.6 Å². The van der Waals surface area contributed by atoms with Crippen LogP contribution in [0.4, 0.5) is 8.78 Å². The van der Waals surface area contributed by atoms with Crippen molar-refractivity contribution in [1.82, 2.24) is 19.9 Å². The van der Waals surface area contributed by atoms with Crippen molar-refractivity contribution in [3.05, 3.63) is 108 Å². The van der Waals surface area contributed by atoms with Gasteiger partial charge in [0.15, 0.2) is 0 Å². The molecule has 6 rings (SSSR count). The molecule has 7 heteroatoms. The zero-order valence-corrected chi connectivity index (χ0v) is 19.9. The molecule has 0 saturated carbocycles. The number of nitrogens with one attached hydrogen (secondary N) is 2. The monoisotopic (exact) mass is 488 g/mol. The summed E-state index contributed by atoms with van der Waals surface area (Å²) in [4.78, 5) is 14.5. The van der Waals surface area contributed by atoms with Gasteiger partial charge in [0.25, 0.3) is 0 Å². The fraction of sp³-hybridized carbons (Fsp3) is 0.0714. The first-order valence-corrected chi connectivity index (χ1v) is 11.5. The summed E-state index contributed by atoms with van der Waals surface area (Å²) in [6.07, 6.45) is 5.28. The molecule has 35 heavy (non-hydrogen) atoms. The maximum atomic E-state index is 13.1. The van der Waals surface area contributed by atoms with Crippen LogP contribution in [0.1, 0.15) is 13.8 Å². The van der Waals surface area contributed by atoms with Crippen molar-refractivity contribution in [3.8, 4) is 22.3 Å². The minimum absolute atomic E-state index is 0.230. The van der Waals surface area contributed by atoms with Crippen molar-refractivity contribution < 1.29 is 8.78 Å². The van der Waals surface area contributed by atoms with Gasteiger partial charge in [-0.2, -0.15) is 0 Å². The minimum Gasteiger partial charge on any atom is -0.346 e. The van der Waals surface area contributed by atoms with Crippen molar-refractivity contribution in [2.75, 3.05) is 0 Å². The lowest BCUT2D eigenvalue weighted by molar-refractivity contribution is 0.628. The van der Waals surface area contributed by atoms with E-state index in [0.29, 0.717) is 5.15 Å². The summed E-state index contributed by atoms with van der Waals surface area (Å²) in [7, 11) is 0. The van der Waals surface area contributed by atoms with Crippen LogP contribution < -0.4 is 0 Å². The fourth-order valence-corrected chi connectivity index (χ4v) is 3.78. The Balaban J connectivity index is 0.000000155. The van der Waals surface area contributed by atoms with E-state index in [1.54, 1.807) is 30.6 Å². The van der Waals surface area contributed by atoms with Crippen LogP contribution in [0.3, 0.4) is 0 Å². The van der Waals surface area contributed by atoms with Gasteiger partial charge in [0.2, 0.25) is 0 Å². The van der Waals surface area contributed by atoms with Crippen molar-refractivity contribution in [3.63, 3.8) is 0 Å². The minimum atomic E-state index is -0.255. The molecule has 0 amide bonds. The van der Waals surface area contributed by atoms with Crippen molar-refractivity contribution in [1.29, 1.82) is 0 Å². The van der Waals surface area contributed by atoms with Crippen LogP contribution in [0.25, 0.3) is 44.3 Å². The van der Waals surface area contributed by atoms with Crippen LogP contribution >= 0.6 is 11.6 Å². The molecule has 0 aliphatic heterocycles. The second-order valence-corrected chi connectivity index (χ2v) is 7.85. The van der Waals surface area contributed by atoms with E-state index in [0.717, 1.165) is 44.3 Å². The summed E-state index contributed by atoms with van der Waals surface area (Å²) in [5.74, 6) is -0.485. The van der Waals surface area contributed by atoms with E-state index in [1.165, 1.54) is 24.3 Å². The molecule has 0 aliphatic carbocycles. The number of hydrogen-bond donors (Lipinski definition) is 2. The number of fused-ring (bicyclic) bond motifs is 2. The van der Waals surface area contributed by atoms with E-state index >= 15 is 0 Å². The molecule has 0 radical (unpaired) electrons. The van der Waals surface area contributed by atoms with E-state index in [2.05, 4.69) is 19.9 Å². The second kappa shape index (κ2) is 10.9. The fourth-order valence-electron chi connectivity index (χ4n) is 3.57. The molecule has 0 spiro atoms. The van der Waals surface area contributed by atoms with E-state index in [4.69, 9.17) is 11.6 Å². The van der Waals surface area contributed by atoms with Crippen molar-refractivity contribution in [2.45, 2.75) is 13.8 Å². The molecule has 0 saturated heterocycles. The Morgan fingerprint density at radius 3 is 1.83 bits per heavy atom. The summed E-state index contributed by atoms with van der Waals surface area (Å²) in [5.41, 5.74) is 5.02. The number of pyridine rings is 2. The van der Waals surface area contributed by atoms with Gasteiger partial charge in [-0.15, -0.1) is 0 Å². The van der Waals surface area contributed by atoms with Gasteiger partial charge in [-0.05, 0) is 59.7 Å². The smallest absolute Gasteiger partial charge is 0.138 e. The zero-order chi connectivity index (χ0) is 24.8. The first-order chi connectivity index (χ1) is 17.0. The molecule has 0 atom stereocenters. The van der Waals surface area contributed by atoms with Gasteiger partial charge in [-0.1, -0.05) is 49.7 Å². The third-order valence-electron chi connectivity index (χ3n) is 5.15. The Bertz CT molecular complexity index is 1570. The van der Waals surface area contributed by atoms with Gasteiger partial charge in [-0.25, -0.2) is 18.7 Å². The highest BCUT2D eigenvalue weighted by atomic mass is 35.5. The number of H-pyrrole nitrogens is 2. The summed E-state index contributed by atoms with van der Waals surface area (Å²) >= 11 is 5.85. The Hall–Kier alpha value is -4.03. The van der Waals surface area contributed by atoms with Gasteiger partial charge in [0.05, 0.1) is 0 Å². The highest BCUT2D eigenvalue weighted by Crippen LogP contribution is 2.25. The van der Waals surface area contributed by atoms with Crippen molar-refractivity contribution in [2.24, 2.45) is 0 Å². The summed E-state index contributed by atoms with van der Waals surface area (Å²) < 4.78 is 26.2. The third kappa shape index (κ3) is 5.73. The van der Waals surface area contributed by atoms with Crippen LogP contribution in [0.5, 0.6) is 0 Å². The van der Waals surface area contributed by atoms with Gasteiger partial charge in [0, 0.05) is 40.5 Å². The van der Waals surface area contributed by atoms with Crippen molar-refractivity contribution >= 4 is 33.7 Å². The van der Waals surface area contributed by atoms with Gasteiger partial charge < -0.3 is 9.97 Å². The topological polar surface area (TPSA) is 57.4 Å². The first kappa shape index (κ1) is 24.1. The molecular formula is C28H23ClF2N4. The van der Waals surface area contributed by atoms with Crippen LogP contribution in [0.15, 0.2) is 91.4 Å². The van der Waals surface area contributed by atoms with Crippen LogP contribution in [-0.4, -0.2) is 19.9 Å². The molecule has 0 fully saturated rings. The van der Waals surface area contributed by atoms with Gasteiger partial charge in [0.1, 0.15) is 28.1 Å². The molecule has 2 N–H and O–H groups in total. The Morgan fingerprint density at radius 2 is 1.23 bits per heavy atom. The predicted molar refractivity (Wildman–Crippen MR) is 139 cm³/mol. The standard InChI is InChI=1S/C13H8ClFN2.C13H9FN2.C2H6/c14-12-6-9-4-10(7-16-13(9)17-12)8-2-1-3-11(15)5-8;14-12-3-1-2-9(7-12)11-6-10-4-5-15-13(10)16-8-11;1-2/h1-7H,(H,16,17);1-8H,(H,15,16);1-2H3. The lowest BCUT2D eigenvalue weighted by Gasteiger charge is -2.01. The number of aromatic nitrogens is 4. The summed E-state index contributed by atoms with van der Waals surface area (Å²) in [6, 6.07) is 20.6. The van der Waals surface area contributed by atoms with E-state index < -0.39 is 0 Å². The maximum absolute atomic E-state index is 13.1. The number of benzene rings is 2. The molecule has 0 aliphatic rings. The molecule has 0 unspecified atom stereocenters. The first-order valence-electron chi connectivity index (χ1n) is 11.1. The van der Waals surface area contributed by atoms with E-state index in [9.17, 15) is 8.78 Å². The number of rotatable bonds is 2. The number of nitrogens with zero attached hydrogens (tertiary/aromatic N) is 2. The summed E-state index contributed by atoms with van der Waals surface area (Å²) in [5, 5.41) is 2.49. The number of hydrogen-bond acceptors (Lipinski definition) is 2. The largest absolute Gasteiger partial charge is 0.346 e. The van der Waals surface area contributed by atoms with E-state index in [-0.39, 0.29) is 11.6 Å². The Labute approximate surface area is 206 Å². The number of aromatic amines is 2. The van der Waals surface area contributed by atoms with Crippen LogP contribution in [0.2, 0.25) is 5.15 Å². The Morgan fingerprint density at radius 1 is 0.657 bits per heavy atom. The molecule has 2 aromatic carbocycles. The highest BCUT2D eigenvalue weighted by Gasteiger charge is 2.05. The van der Waals surface area contributed by atoms with E-state index in [1.807, 2.05) is 50.4 Å². The molecule has 6 aromatic rings. The predicted octanol–water partition coefficient (Wildman–Crippen LogP) is 8.42. The molecular weight excluding hydrogens is 466 g/mol. The van der Waals surface area contributed by atoms with Crippen LogP contribution in [-0.2, 0) is 0 Å². The third-order valence-corrected chi connectivity index (χ3v) is 5.36. The average molecular weight is 489 g/mol. The lowest BCUT2D eigenvalue weighted by Crippen LogP contribution is -1.82. The lowest BCUT2D eigenvalue weighted by atomic mass is 10.1.